The Hall–Kier alpha value is -2.83. The van der Waals surface area contributed by atoms with Crippen LogP contribution in [0.3, 0.4) is 0 Å². The standard InChI is InChI=1S/C21H30N6O/c1-25(2)19-8-7-18(15-23-19)24-17-6-5-12-27(13-10-17)21(28)16-9-11-22-20(14-16)26(3)4/h7-9,11,14-15,17,24H,5-6,10,12-13H2,1-4H3. The van der Waals surface area contributed by atoms with Gasteiger partial charge >= 0.3 is 0 Å². The largest absolute Gasteiger partial charge is 0.381 e. The number of likely N-dealkylation sites (tertiary alicyclic amines) is 1. The molecule has 7 nitrogen and oxygen atoms in total. The van der Waals surface area contributed by atoms with Crippen molar-refractivity contribution in [3.8, 4) is 0 Å². The Morgan fingerprint density at radius 3 is 2.50 bits per heavy atom. The minimum atomic E-state index is 0.0863. The minimum absolute atomic E-state index is 0.0863. The van der Waals surface area contributed by atoms with Gasteiger partial charge in [-0.3, -0.25) is 4.79 Å². The van der Waals surface area contributed by atoms with Crippen LogP contribution in [0.1, 0.15) is 29.6 Å². The topological polar surface area (TPSA) is 64.6 Å². The Morgan fingerprint density at radius 1 is 1.04 bits per heavy atom. The van der Waals surface area contributed by atoms with Crippen molar-refractivity contribution in [1.29, 1.82) is 0 Å². The zero-order chi connectivity index (χ0) is 20.1. The van der Waals surface area contributed by atoms with Crippen molar-refractivity contribution in [3.63, 3.8) is 0 Å². The second-order valence-corrected chi connectivity index (χ2v) is 7.66. The molecule has 2 aromatic heterocycles. The fraction of sp³-hybridized carbons (Fsp3) is 0.476. The molecule has 0 saturated carbocycles. The van der Waals surface area contributed by atoms with E-state index in [0.29, 0.717) is 11.6 Å². The number of nitrogens with zero attached hydrogens (tertiary/aromatic N) is 5. The average molecular weight is 383 g/mol. The number of anilines is 3. The van der Waals surface area contributed by atoms with Crippen LogP contribution in [0, 0.1) is 0 Å². The highest BCUT2D eigenvalue weighted by molar-refractivity contribution is 5.94. The van der Waals surface area contributed by atoms with Gasteiger partial charge in [0, 0.05) is 59.1 Å². The molecule has 3 rings (SSSR count). The van der Waals surface area contributed by atoms with Crippen molar-refractivity contribution in [3.05, 3.63) is 42.2 Å². The van der Waals surface area contributed by atoms with E-state index in [-0.39, 0.29) is 5.91 Å². The molecule has 1 fully saturated rings. The third kappa shape index (κ3) is 4.91. The van der Waals surface area contributed by atoms with Gasteiger partial charge in [0.25, 0.3) is 5.91 Å². The molecule has 1 N–H and O–H groups in total. The number of amides is 1. The Labute approximate surface area is 167 Å². The van der Waals surface area contributed by atoms with E-state index >= 15 is 0 Å². The molecule has 150 valence electrons. The van der Waals surface area contributed by atoms with Gasteiger partial charge in [-0.05, 0) is 43.5 Å². The van der Waals surface area contributed by atoms with Crippen LogP contribution in [-0.2, 0) is 0 Å². The van der Waals surface area contributed by atoms with Crippen molar-refractivity contribution in [1.82, 2.24) is 14.9 Å². The van der Waals surface area contributed by atoms with Crippen molar-refractivity contribution in [2.45, 2.75) is 25.3 Å². The third-order valence-corrected chi connectivity index (χ3v) is 5.04. The summed E-state index contributed by atoms with van der Waals surface area (Å²) in [7, 11) is 7.82. The van der Waals surface area contributed by atoms with E-state index in [2.05, 4.69) is 21.4 Å². The summed E-state index contributed by atoms with van der Waals surface area (Å²) in [4.78, 5) is 27.6. The molecular formula is C21H30N6O. The molecule has 1 amide bonds. The van der Waals surface area contributed by atoms with Crippen molar-refractivity contribution in [2.24, 2.45) is 0 Å². The predicted molar refractivity (Wildman–Crippen MR) is 114 cm³/mol. The number of hydrogen-bond donors (Lipinski definition) is 1. The van der Waals surface area contributed by atoms with Crippen LogP contribution < -0.4 is 15.1 Å². The van der Waals surface area contributed by atoms with E-state index in [1.807, 2.05) is 61.2 Å². The molecule has 1 saturated heterocycles. The summed E-state index contributed by atoms with van der Waals surface area (Å²) in [5, 5.41) is 3.57. The minimum Gasteiger partial charge on any atom is -0.381 e. The first kappa shape index (κ1) is 19.9. The lowest BCUT2D eigenvalue weighted by Gasteiger charge is -2.22. The maximum atomic E-state index is 12.9. The van der Waals surface area contributed by atoms with Crippen LogP contribution in [0.15, 0.2) is 36.7 Å². The quantitative estimate of drug-likeness (QED) is 0.858. The smallest absolute Gasteiger partial charge is 0.254 e. The van der Waals surface area contributed by atoms with Gasteiger partial charge in [-0.25, -0.2) is 9.97 Å². The summed E-state index contributed by atoms with van der Waals surface area (Å²) in [6.45, 7) is 1.54. The van der Waals surface area contributed by atoms with Crippen LogP contribution in [-0.4, -0.2) is 68.1 Å². The zero-order valence-electron chi connectivity index (χ0n) is 17.2. The molecule has 3 heterocycles. The first-order valence-electron chi connectivity index (χ1n) is 9.76. The summed E-state index contributed by atoms with van der Waals surface area (Å²) in [5.74, 6) is 1.83. The second kappa shape index (κ2) is 8.91. The molecule has 1 aliphatic rings. The lowest BCUT2D eigenvalue weighted by atomic mass is 10.1. The molecule has 0 radical (unpaired) electrons. The molecule has 7 heteroatoms. The maximum absolute atomic E-state index is 12.9. The summed E-state index contributed by atoms with van der Waals surface area (Å²) in [6.07, 6.45) is 6.53. The zero-order valence-corrected chi connectivity index (χ0v) is 17.2. The summed E-state index contributed by atoms with van der Waals surface area (Å²) in [5.41, 5.74) is 1.73. The summed E-state index contributed by atoms with van der Waals surface area (Å²) in [6, 6.07) is 8.09. The summed E-state index contributed by atoms with van der Waals surface area (Å²) >= 11 is 0. The molecule has 0 aromatic carbocycles. The molecule has 0 bridgehead atoms. The second-order valence-electron chi connectivity index (χ2n) is 7.66. The number of carbonyl (C=O) groups excluding carboxylic acids is 1. The fourth-order valence-corrected chi connectivity index (χ4v) is 3.39. The molecule has 0 aliphatic carbocycles. The molecular weight excluding hydrogens is 352 g/mol. The highest BCUT2D eigenvalue weighted by Gasteiger charge is 2.22. The Morgan fingerprint density at radius 2 is 1.82 bits per heavy atom. The van der Waals surface area contributed by atoms with E-state index in [9.17, 15) is 4.79 Å². The van der Waals surface area contributed by atoms with Crippen LogP contribution in [0.5, 0.6) is 0 Å². The van der Waals surface area contributed by atoms with Gasteiger partial charge in [0.05, 0.1) is 11.9 Å². The lowest BCUT2D eigenvalue weighted by molar-refractivity contribution is 0.0761. The molecule has 1 atom stereocenters. The van der Waals surface area contributed by atoms with Gasteiger partial charge in [-0.2, -0.15) is 0 Å². The van der Waals surface area contributed by atoms with Crippen molar-refractivity contribution < 1.29 is 4.79 Å². The fourth-order valence-electron chi connectivity index (χ4n) is 3.39. The monoisotopic (exact) mass is 382 g/mol. The predicted octanol–water partition coefficient (Wildman–Crippen LogP) is 2.72. The lowest BCUT2D eigenvalue weighted by Crippen LogP contribution is -2.32. The third-order valence-electron chi connectivity index (χ3n) is 5.04. The number of rotatable bonds is 5. The van der Waals surface area contributed by atoms with E-state index in [1.165, 1.54) is 0 Å². The molecule has 0 spiro atoms. The molecule has 1 aliphatic heterocycles. The summed E-state index contributed by atoms with van der Waals surface area (Å²) < 4.78 is 0. The van der Waals surface area contributed by atoms with E-state index < -0.39 is 0 Å². The van der Waals surface area contributed by atoms with Gasteiger partial charge < -0.3 is 20.0 Å². The number of aromatic nitrogens is 2. The van der Waals surface area contributed by atoms with Crippen LogP contribution in [0.2, 0.25) is 0 Å². The molecule has 2 aromatic rings. The Balaban J connectivity index is 1.60. The van der Waals surface area contributed by atoms with Gasteiger partial charge in [0.2, 0.25) is 0 Å². The van der Waals surface area contributed by atoms with Gasteiger partial charge in [0.1, 0.15) is 11.6 Å². The maximum Gasteiger partial charge on any atom is 0.254 e. The first-order chi connectivity index (χ1) is 13.4. The molecule has 28 heavy (non-hydrogen) atoms. The number of pyridine rings is 2. The Bertz CT molecular complexity index is 790. The van der Waals surface area contributed by atoms with Crippen molar-refractivity contribution in [2.75, 3.05) is 56.4 Å². The normalized spacial score (nSPS) is 17.0. The number of hydrogen-bond acceptors (Lipinski definition) is 6. The van der Waals surface area contributed by atoms with Gasteiger partial charge in [0.15, 0.2) is 0 Å². The van der Waals surface area contributed by atoms with Crippen molar-refractivity contribution >= 4 is 23.2 Å². The van der Waals surface area contributed by atoms with Crippen LogP contribution >= 0.6 is 0 Å². The van der Waals surface area contributed by atoms with E-state index in [1.54, 1.807) is 12.3 Å². The van der Waals surface area contributed by atoms with Gasteiger partial charge in [-0.15, -0.1) is 0 Å². The highest BCUT2D eigenvalue weighted by atomic mass is 16.2. The van der Waals surface area contributed by atoms with Crippen LogP contribution in [0.4, 0.5) is 17.3 Å². The molecule has 1 unspecified atom stereocenters. The first-order valence-corrected chi connectivity index (χ1v) is 9.76. The van der Waals surface area contributed by atoms with E-state index in [0.717, 1.165) is 49.7 Å². The average Bonchev–Trinajstić information content (AvgIpc) is 2.93. The van der Waals surface area contributed by atoms with Gasteiger partial charge in [-0.1, -0.05) is 0 Å². The highest BCUT2D eigenvalue weighted by Crippen LogP contribution is 2.20. The number of nitrogens with one attached hydrogen (secondary N) is 1. The van der Waals surface area contributed by atoms with E-state index in [4.69, 9.17) is 0 Å². The van der Waals surface area contributed by atoms with Crippen LogP contribution in [0.25, 0.3) is 0 Å². The SMILES string of the molecule is CN(C)c1ccc(NC2CCCN(C(=O)c3ccnc(N(C)C)c3)CC2)cn1. The Kier molecular flexibility index (Phi) is 6.34. The number of carbonyl (C=O) groups is 1.